The Morgan fingerprint density at radius 2 is 1.93 bits per heavy atom. The summed E-state index contributed by atoms with van der Waals surface area (Å²) in [6.07, 6.45) is 2.39. The van der Waals surface area contributed by atoms with Crippen LogP contribution in [0.25, 0.3) is 10.9 Å². The van der Waals surface area contributed by atoms with Gasteiger partial charge in [-0.15, -0.1) is 0 Å². The number of rotatable bonds is 5. The van der Waals surface area contributed by atoms with Gasteiger partial charge in [0.25, 0.3) is 11.7 Å². The molecule has 136 valence electrons. The molecule has 7 heteroatoms. The molecule has 2 heterocycles. The van der Waals surface area contributed by atoms with Crippen LogP contribution in [-0.4, -0.2) is 29.8 Å². The number of pyridine rings is 1. The van der Waals surface area contributed by atoms with Crippen molar-refractivity contribution in [2.24, 2.45) is 0 Å². The number of hydrogen-bond donors (Lipinski definition) is 1. The second kappa shape index (κ2) is 7.18. The van der Waals surface area contributed by atoms with Gasteiger partial charge in [-0.1, -0.05) is 29.3 Å². The van der Waals surface area contributed by atoms with E-state index in [1.807, 2.05) is 24.3 Å². The van der Waals surface area contributed by atoms with E-state index in [1.165, 1.54) is 4.90 Å². The quantitative estimate of drug-likeness (QED) is 0.503. The van der Waals surface area contributed by atoms with Gasteiger partial charge in [0.15, 0.2) is 0 Å². The molecule has 4 rings (SSSR count). The standard InChI is InChI=1S/C20H15Cl2N3O2/c21-12-5-6-13-15(7-9-24-16(13)11-12)23-8-2-10-25-17-4-1-3-14(22)18(17)19(26)20(25)27/h1,3-7,9,11H,2,8,10H2,(H,23,24). The smallest absolute Gasteiger partial charge is 0.299 e. The van der Waals surface area contributed by atoms with E-state index in [1.54, 1.807) is 24.4 Å². The number of hydrogen-bond acceptors (Lipinski definition) is 4. The fraction of sp³-hybridized carbons (Fsp3) is 0.150. The minimum Gasteiger partial charge on any atom is -0.384 e. The average Bonchev–Trinajstić information content (AvgIpc) is 2.90. The zero-order valence-electron chi connectivity index (χ0n) is 14.2. The third-order valence-electron chi connectivity index (χ3n) is 4.53. The predicted octanol–water partition coefficient (Wildman–Crippen LogP) is 4.57. The Morgan fingerprint density at radius 3 is 2.78 bits per heavy atom. The molecule has 0 radical (unpaired) electrons. The number of nitrogens with one attached hydrogen (secondary N) is 1. The van der Waals surface area contributed by atoms with Crippen molar-refractivity contribution >= 4 is 57.2 Å². The Labute approximate surface area is 165 Å². The summed E-state index contributed by atoms with van der Waals surface area (Å²) >= 11 is 12.1. The van der Waals surface area contributed by atoms with Crippen molar-refractivity contribution in [3.05, 3.63) is 64.3 Å². The number of amides is 1. The topological polar surface area (TPSA) is 62.3 Å². The molecule has 0 spiro atoms. The summed E-state index contributed by atoms with van der Waals surface area (Å²) in [6.45, 7) is 1.06. The van der Waals surface area contributed by atoms with Crippen LogP contribution in [0.1, 0.15) is 16.8 Å². The van der Waals surface area contributed by atoms with Gasteiger partial charge in [0.1, 0.15) is 0 Å². The molecule has 1 N–H and O–H groups in total. The van der Waals surface area contributed by atoms with Gasteiger partial charge in [0.2, 0.25) is 0 Å². The number of halogens is 2. The zero-order chi connectivity index (χ0) is 19.0. The molecule has 0 aliphatic carbocycles. The normalized spacial score (nSPS) is 13.3. The molecule has 1 aliphatic heterocycles. The maximum atomic E-state index is 12.3. The lowest BCUT2D eigenvalue weighted by Gasteiger charge is -2.17. The molecule has 2 aromatic carbocycles. The largest absolute Gasteiger partial charge is 0.384 e. The lowest BCUT2D eigenvalue weighted by molar-refractivity contribution is -0.114. The highest BCUT2D eigenvalue weighted by Gasteiger charge is 2.36. The summed E-state index contributed by atoms with van der Waals surface area (Å²) in [5.41, 5.74) is 2.65. The molecule has 0 bridgehead atoms. The molecule has 0 saturated heterocycles. The van der Waals surface area contributed by atoms with E-state index in [0.717, 1.165) is 16.6 Å². The van der Waals surface area contributed by atoms with E-state index in [4.69, 9.17) is 23.2 Å². The van der Waals surface area contributed by atoms with Crippen LogP contribution in [0, 0.1) is 0 Å². The fourth-order valence-corrected chi connectivity index (χ4v) is 3.68. The molecule has 0 atom stereocenters. The van der Waals surface area contributed by atoms with Crippen LogP contribution in [0.5, 0.6) is 0 Å². The summed E-state index contributed by atoms with van der Waals surface area (Å²) in [4.78, 5) is 30.2. The van der Waals surface area contributed by atoms with Crippen LogP contribution in [0.4, 0.5) is 11.4 Å². The summed E-state index contributed by atoms with van der Waals surface area (Å²) in [5.74, 6) is -1.07. The summed E-state index contributed by atoms with van der Waals surface area (Å²) in [5, 5.41) is 5.29. The minimum absolute atomic E-state index is 0.300. The Kier molecular flexibility index (Phi) is 4.72. The number of benzene rings is 2. The van der Waals surface area contributed by atoms with Crippen LogP contribution >= 0.6 is 23.2 Å². The van der Waals surface area contributed by atoms with Crippen LogP contribution in [-0.2, 0) is 4.79 Å². The van der Waals surface area contributed by atoms with Gasteiger partial charge in [0.05, 0.1) is 21.8 Å². The first kappa shape index (κ1) is 17.8. The van der Waals surface area contributed by atoms with Gasteiger partial charge < -0.3 is 10.2 Å². The molecule has 1 amide bonds. The maximum absolute atomic E-state index is 12.3. The highest BCUT2D eigenvalue weighted by molar-refractivity contribution is 6.55. The van der Waals surface area contributed by atoms with Gasteiger partial charge in [-0.05, 0) is 42.8 Å². The fourth-order valence-electron chi connectivity index (χ4n) is 3.26. The molecule has 0 fully saturated rings. The summed E-state index contributed by atoms with van der Waals surface area (Å²) in [6, 6.07) is 12.6. The van der Waals surface area contributed by atoms with E-state index in [2.05, 4.69) is 10.3 Å². The number of carbonyl (C=O) groups excluding carboxylic acids is 2. The molecule has 1 aromatic heterocycles. The number of aromatic nitrogens is 1. The molecule has 3 aromatic rings. The number of carbonyl (C=O) groups is 2. The third kappa shape index (κ3) is 3.24. The lowest BCUT2D eigenvalue weighted by Crippen LogP contribution is -2.31. The Balaban J connectivity index is 1.44. The number of ketones is 1. The molecule has 0 unspecified atom stereocenters. The molecular weight excluding hydrogens is 385 g/mol. The molecular formula is C20H15Cl2N3O2. The summed E-state index contributed by atoms with van der Waals surface area (Å²) < 4.78 is 0. The van der Waals surface area contributed by atoms with Crippen LogP contribution < -0.4 is 10.2 Å². The van der Waals surface area contributed by atoms with E-state index in [-0.39, 0.29) is 0 Å². The van der Waals surface area contributed by atoms with E-state index in [0.29, 0.717) is 40.8 Å². The highest BCUT2D eigenvalue weighted by atomic mass is 35.5. The van der Waals surface area contributed by atoms with E-state index >= 15 is 0 Å². The van der Waals surface area contributed by atoms with Gasteiger partial charge in [-0.25, -0.2) is 0 Å². The maximum Gasteiger partial charge on any atom is 0.299 e. The monoisotopic (exact) mass is 399 g/mol. The second-order valence-corrected chi connectivity index (χ2v) is 7.06. The van der Waals surface area contributed by atoms with E-state index in [9.17, 15) is 9.59 Å². The Bertz CT molecular complexity index is 1070. The first-order chi connectivity index (χ1) is 13.1. The molecule has 1 aliphatic rings. The minimum atomic E-state index is -0.541. The number of fused-ring (bicyclic) bond motifs is 2. The van der Waals surface area contributed by atoms with E-state index < -0.39 is 11.7 Å². The van der Waals surface area contributed by atoms with Crippen LogP contribution in [0.3, 0.4) is 0 Å². The SMILES string of the molecule is O=C1C(=O)N(CCCNc2ccnc3cc(Cl)ccc23)c2cccc(Cl)c21. The van der Waals surface area contributed by atoms with Crippen molar-refractivity contribution in [1.82, 2.24) is 4.98 Å². The zero-order valence-corrected chi connectivity index (χ0v) is 15.7. The molecule has 5 nitrogen and oxygen atoms in total. The van der Waals surface area contributed by atoms with Gasteiger partial charge in [-0.2, -0.15) is 0 Å². The number of anilines is 2. The van der Waals surface area contributed by atoms with Gasteiger partial charge >= 0.3 is 0 Å². The van der Waals surface area contributed by atoms with Crippen molar-refractivity contribution in [2.45, 2.75) is 6.42 Å². The molecule has 0 saturated carbocycles. The van der Waals surface area contributed by atoms with Crippen LogP contribution in [0.2, 0.25) is 10.0 Å². The number of nitrogens with zero attached hydrogens (tertiary/aromatic N) is 2. The van der Waals surface area contributed by atoms with Crippen molar-refractivity contribution in [1.29, 1.82) is 0 Å². The van der Waals surface area contributed by atoms with Crippen molar-refractivity contribution in [2.75, 3.05) is 23.3 Å². The second-order valence-electron chi connectivity index (χ2n) is 6.22. The van der Waals surface area contributed by atoms with Crippen molar-refractivity contribution in [3.63, 3.8) is 0 Å². The average molecular weight is 400 g/mol. The number of Topliss-reactive ketones (excluding diaryl/α,β-unsaturated/α-hetero) is 1. The Hall–Kier alpha value is -2.63. The van der Waals surface area contributed by atoms with Crippen molar-refractivity contribution < 1.29 is 9.59 Å². The Morgan fingerprint density at radius 1 is 1.07 bits per heavy atom. The highest BCUT2D eigenvalue weighted by Crippen LogP contribution is 2.34. The lowest BCUT2D eigenvalue weighted by atomic mass is 10.1. The first-order valence-electron chi connectivity index (χ1n) is 8.49. The molecule has 27 heavy (non-hydrogen) atoms. The first-order valence-corrected chi connectivity index (χ1v) is 9.25. The summed E-state index contributed by atoms with van der Waals surface area (Å²) in [7, 11) is 0. The third-order valence-corrected chi connectivity index (χ3v) is 5.08. The van der Waals surface area contributed by atoms with Gasteiger partial charge in [0, 0.05) is 35.4 Å². The van der Waals surface area contributed by atoms with Gasteiger partial charge in [-0.3, -0.25) is 14.6 Å². The predicted molar refractivity (Wildman–Crippen MR) is 108 cm³/mol. The van der Waals surface area contributed by atoms with Crippen molar-refractivity contribution in [3.8, 4) is 0 Å². The van der Waals surface area contributed by atoms with Crippen LogP contribution in [0.15, 0.2) is 48.7 Å².